The van der Waals surface area contributed by atoms with Gasteiger partial charge in [0.15, 0.2) is 11.5 Å². The first-order valence-electron chi connectivity index (χ1n) is 5.69. The molecule has 2 heterocycles. The summed E-state index contributed by atoms with van der Waals surface area (Å²) in [5.41, 5.74) is 10.6. The fourth-order valence-corrected chi connectivity index (χ4v) is 1.87. The van der Waals surface area contributed by atoms with Crippen LogP contribution in [0.25, 0.3) is 22.6 Å². The third kappa shape index (κ3) is 1.60. The molecule has 0 spiro atoms. The highest BCUT2D eigenvalue weighted by molar-refractivity contribution is 5.84. The van der Waals surface area contributed by atoms with Gasteiger partial charge in [0.05, 0.1) is 0 Å². The smallest absolute Gasteiger partial charge is 0.183 e. The normalized spacial score (nSPS) is 11.0. The van der Waals surface area contributed by atoms with Gasteiger partial charge in [0.1, 0.15) is 17.7 Å². The van der Waals surface area contributed by atoms with Crippen molar-refractivity contribution in [2.75, 3.05) is 5.73 Å². The number of fused-ring (bicyclic) bond motifs is 1. The standard InChI is InChI=1S/C13H13N5/c1-7-3-4-9(5-8(7)2)12-17-10-11(14)15-6-16-13(10)18-12/h3-6H,1-2H3,(H3,14,15,16,17,18). The molecule has 0 aliphatic carbocycles. The van der Waals surface area contributed by atoms with Crippen molar-refractivity contribution in [3.63, 3.8) is 0 Å². The zero-order valence-electron chi connectivity index (χ0n) is 10.2. The molecule has 0 atom stereocenters. The summed E-state index contributed by atoms with van der Waals surface area (Å²) in [7, 11) is 0. The SMILES string of the molecule is Cc1ccc(-c2nc3ncnc(N)c3[nH]2)cc1C. The predicted molar refractivity (Wildman–Crippen MR) is 71.0 cm³/mol. The van der Waals surface area contributed by atoms with Crippen molar-refractivity contribution in [2.24, 2.45) is 0 Å². The van der Waals surface area contributed by atoms with Gasteiger partial charge in [-0.3, -0.25) is 0 Å². The Balaban J connectivity index is 2.19. The molecule has 5 heteroatoms. The topological polar surface area (TPSA) is 80.5 Å². The number of rotatable bonds is 1. The number of anilines is 1. The summed E-state index contributed by atoms with van der Waals surface area (Å²) in [5, 5.41) is 0. The van der Waals surface area contributed by atoms with Crippen molar-refractivity contribution in [3.05, 3.63) is 35.7 Å². The van der Waals surface area contributed by atoms with Crippen LogP contribution in [0.2, 0.25) is 0 Å². The van der Waals surface area contributed by atoms with Gasteiger partial charge in [0.25, 0.3) is 0 Å². The molecule has 90 valence electrons. The van der Waals surface area contributed by atoms with E-state index in [1.165, 1.54) is 17.5 Å². The number of nitrogens with two attached hydrogens (primary N) is 1. The van der Waals surface area contributed by atoms with E-state index in [0.29, 0.717) is 17.0 Å². The van der Waals surface area contributed by atoms with E-state index >= 15 is 0 Å². The summed E-state index contributed by atoms with van der Waals surface area (Å²) >= 11 is 0. The van der Waals surface area contributed by atoms with Crippen molar-refractivity contribution >= 4 is 17.0 Å². The molecule has 0 unspecified atom stereocenters. The van der Waals surface area contributed by atoms with Crippen molar-refractivity contribution < 1.29 is 0 Å². The molecule has 0 amide bonds. The molecule has 1 aromatic carbocycles. The quantitative estimate of drug-likeness (QED) is 0.682. The third-order valence-electron chi connectivity index (χ3n) is 3.10. The number of hydrogen-bond donors (Lipinski definition) is 2. The maximum Gasteiger partial charge on any atom is 0.183 e. The summed E-state index contributed by atoms with van der Waals surface area (Å²) < 4.78 is 0. The van der Waals surface area contributed by atoms with Crippen molar-refractivity contribution in [1.29, 1.82) is 0 Å². The van der Waals surface area contributed by atoms with Gasteiger partial charge in [0, 0.05) is 5.56 Å². The first-order chi connectivity index (χ1) is 8.65. The van der Waals surface area contributed by atoms with Crippen LogP contribution in [-0.4, -0.2) is 19.9 Å². The van der Waals surface area contributed by atoms with Crippen LogP contribution in [0.5, 0.6) is 0 Å². The molecule has 18 heavy (non-hydrogen) atoms. The summed E-state index contributed by atoms with van der Waals surface area (Å²) in [6.07, 6.45) is 1.42. The Hall–Kier alpha value is -2.43. The highest BCUT2D eigenvalue weighted by Crippen LogP contribution is 2.23. The van der Waals surface area contributed by atoms with Crippen molar-refractivity contribution in [1.82, 2.24) is 19.9 Å². The maximum absolute atomic E-state index is 5.78. The molecule has 0 saturated heterocycles. The number of nitrogen functional groups attached to an aromatic ring is 1. The molecule has 3 N–H and O–H groups in total. The molecule has 0 saturated carbocycles. The number of nitrogens with one attached hydrogen (secondary N) is 1. The Kier molecular flexibility index (Phi) is 2.26. The molecule has 0 aliphatic rings. The van der Waals surface area contributed by atoms with Gasteiger partial charge in [-0.15, -0.1) is 0 Å². The van der Waals surface area contributed by atoms with Gasteiger partial charge < -0.3 is 10.7 Å². The van der Waals surface area contributed by atoms with Gasteiger partial charge in [0.2, 0.25) is 0 Å². The molecular formula is C13H13N5. The lowest BCUT2D eigenvalue weighted by atomic mass is 10.1. The molecule has 2 aromatic heterocycles. The van der Waals surface area contributed by atoms with Crippen LogP contribution in [0.15, 0.2) is 24.5 Å². The van der Waals surface area contributed by atoms with Gasteiger partial charge in [-0.25, -0.2) is 15.0 Å². The highest BCUT2D eigenvalue weighted by Gasteiger charge is 2.09. The van der Waals surface area contributed by atoms with Crippen LogP contribution < -0.4 is 5.73 Å². The number of aromatic nitrogens is 4. The minimum absolute atomic E-state index is 0.419. The average Bonchev–Trinajstić information content (AvgIpc) is 2.78. The van der Waals surface area contributed by atoms with Crippen LogP contribution in [0.3, 0.4) is 0 Å². The third-order valence-corrected chi connectivity index (χ3v) is 3.10. The predicted octanol–water partition coefficient (Wildman–Crippen LogP) is 2.22. The number of nitrogens with zero attached hydrogens (tertiary/aromatic N) is 3. The van der Waals surface area contributed by atoms with E-state index in [0.717, 1.165) is 11.4 Å². The monoisotopic (exact) mass is 239 g/mol. The van der Waals surface area contributed by atoms with E-state index < -0.39 is 0 Å². The minimum Gasteiger partial charge on any atom is -0.382 e. The fraction of sp³-hybridized carbons (Fsp3) is 0.154. The van der Waals surface area contributed by atoms with Crippen LogP contribution >= 0.6 is 0 Å². The minimum atomic E-state index is 0.419. The summed E-state index contributed by atoms with van der Waals surface area (Å²) in [4.78, 5) is 15.6. The van der Waals surface area contributed by atoms with E-state index in [9.17, 15) is 0 Å². The number of aryl methyl sites for hydroxylation is 2. The lowest BCUT2D eigenvalue weighted by Crippen LogP contribution is -1.91. The van der Waals surface area contributed by atoms with Gasteiger partial charge in [-0.05, 0) is 31.0 Å². The first-order valence-corrected chi connectivity index (χ1v) is 5.69. The van der Waals surface area contributed by atoms with Crippen LogP contribution in [0.4, 0.5) is 5.82 Å². The number of benzene rings is 1. The number of H-pyrrole nitrogens is 1. The van der Waals surface area contributed by atoms with E-state index in [-0.39, 0.29) is 0 Å². The Morgan fingerprint density at radius 1 is 1.11 bits per heavy atom. The fourth-order valence-electron chi connectivity index (χ4n) is 1.87. The van der Waals surface area contributed by atoms with Crippen molar-refractivity contribution in [2.45, 2.75) is 13.8 Å². The lowest BCUT2D eigenvalue weighted by Gasteiger charge is -2.01. The average molecular weight is 239 g/mol. The molecule has 0 fully saturated rings. The van der Waals surface area contributed by atoms with Crippen LogP contribution in [0.1, 0.15) is 11.1 Å². The Bertz CT molecular complexity index is 729. The number of hydrogen-bond acceptors (Lipinski definition) is 4. The number of imidazole rings is 1. The van der Waals surface area contributed by atoms with Gasteiger partial charge in [-0.2, -0.15) is 0 Å². The van der Waals surface area contributed by atoms with E-state index in [1.807, 2.05) is 6.07 Å². The molecule has 5 nitrogen and oxygen atoms in total. The maximum atomic E-state index is 5.78. The second kappa shape index (κ2) is 3.80. The lowest BCUT2D eigenvalue weighted by molar-refractivity contribution is 1.21. The zero-order valence-corrected chi connectivity index (χ0v) is 10.2. The van der Waals surface area contributed by atoms with Crippen LogP contribution in [0, 0.1) is 13.8 Å². The van der Waals surface area contributed by atoms with Crippen molar-refractivity contribution in [3.8, 4) is 11.4 Å². The molecule has 0 aliphatic heterocycles. The molecular weight excluding hydrogens is 226 g/mol. The Morgan fingerprint density at radius 3 is 2.67 bits per heavy atom. The Morgan fingerprint density at radius 2 is 1.94 bits per heavy atom. The molecule has 3 rings (SSSR count). The summed E-state index contributed by atoms with van der Waals surface area (Å²) in [5.74, 6) is 1.18. The Labute approximate surface area is 104 Å². The van der Waals surface area contributed by atoms with Gasteiger partial charge >= 0.3 is 0 Å². The first kappa shape index (κ1) is 10.7. The second-order valence-electron chi connectivity index (χ2n) is 4.34. The van der Waals surface area contributed by atoms with E-state index in [1.54, 1.807) is 0 Å². The van der Waals surface area contributed by atoms with Gasteiger partial charge in [-0.1, -0.05) is 12.1 Å². The van der Waals surface area contributed by atoms with E-state index in [4.69, 9.17) is 5.73 Å². The highest BCUT2D eigenvalue weighted by atomic mass is 15.0. The second-order valence-corrected chi connectivity index (χ2v) is 4.34. The zero-order chi connectivity index (χ0) is 12.7. The molecule has 0 radical (unpaired) electrons. The number of aromatic amines is 1. The van der Waals surface area contributed by atoms with E-state index in [2.05, 4.69) is 45.9 Å². The largest absolute Gasteiger partial charge is 0.382 e. The summed E-state index contributed by atoms with van der Waals surface area (Å²) in [6.45, 7) is 4.16. The summed E-state index contributed by atoms with van der Waals surface area (Å²) in [6, 6.07) is 6.20. The van der Waals surface area contributed by atoms with Crippen LogP contribution in [-0.2, 0) is 0 Å². The molecule has 0 bridgehead atoms. The molecule has 3 aromatic rings.